The summed E-state index contributed by atoms with van der Waals surface area (Å²) in [5.74, 6) is 0.842. The third kappa shape index (κ3) is 3.57. The molecule has 2 aromatic rings. The van der Waals surface area contributed by atoms with Crippen LogP contribution in [0.2, 0.25) is 0 Å². The van der Waals surface area contributed by atoms with Crippen molar-refractivity contribution in [1.82, 2.24) is 0 Å². The molecule has 0 aromatic heterocycles. The fraction of sp³-hybridized carbons (Fsp3) is 0.455. The number of aliphatic hydroxyl groups is 1. The number of aliphatic hydroxyl groups excluding tert-OH is 1. The SMILES string of the molecule is COc1ccc2c(c1)[C@@](C)(CC[N+](C)(C)C)C(O)N2Cc1ccccc1. The number of hydrogen-bond acceptors (Lipinski definition) is 3. The van der Waals surface area contributed by atoms with Gasteiger partial charge in [0, 0.05) is 24.1 Å². The molecule has 4 heteroatoms. The zero-order chi connectivity index (χ0) is 18.9. The highest BCUT2D eigenvalue weighted by Crippen LogP contribution is 2.48. The molecule has 1 N–H and O–H groups in total. The number of methoxy groups -OCH3 is 1. The minimum Gasteiger partial charge on any atom is -0.497 e. The first-order chi connectivity index (χ1) is 12.2. The van der Waals surface area contributed by atoms with Crippen molar-refractivity contribution in [1.29, 1.82) is 0 Å². The van der Waals surface area contributed by atoms with Crippen LogP contribution in [-0.4, -0.2) is 50.6 Å². The molecule has 2 aromatic carbocycles. The normalized spacial score (nSPS) is 22.4. The molecule has 0 aliphatic carbocycles. The second kappa shape index (κ2) is 6.93. The smallest absolute Gasteiger partial charge is 0.137 e. The summed E-state index contributed by atoms with van der Waals surface area (Å²) in [5.41, 5.74) is 3.15. The molecule has 0 saturated carbocycles. The van der Waals surface area contributed by atoms with E-state index in [4.69, 9.17) is 4.74 Å². The van der Waals surface area contributed by atoms with Crippen LogP contribution in [0.5, 0.6) is 5.75 Å². The van der Waals surface area contributed by atoms with E-state index in [1.165, 1.54) is 11.1 Å². The third-order valence-electron chi connectivity index (χ3n) is 5.49. The quantitative estimate of drug-likeness (QED) is 0.806. The minimum atomic E-state index is -0.559. The van der Waals surface area contributed by atoms with Crippen LogP contribution in [-0.2, 0) is 12.0 Å². The van der Waals surface area contributed by atoms with Gasteiger partial charge in [-0.15, -0.1) is 0 Å². The molecule has 3 rings (SSSR count). The predicted molar refractivity (Wildman–Crippen MR) is 106 cm³/mol. The van der Waals surface area contributed by atoms with Crippen molar-refractivity contribution in [2.24, 2.45) is 0 Å². The molecule has 2 atom stereocenters. The van der Waals surface area contributed by atoms with Crippen molar-refractivity contribution in [2.45, 2.75) is 31.5 Å². The number of fused-ring (bicyclic) bond motifs is 1. The molecule has 0 radical (unpaired) electrons. The van der Waals surface area contributed by atoms with Crippen LogP contribution in [0.15, 0.2) is 48.5 Å². The minimum absolute atomic E-state index is 0.329. The Labute approximate surface area is 157 Å². The Morgan fingerprint density at radius 1 is 1.12 bits per heavy atom. The zero-order valence-electron chi connectivity index (χ0n) is 16.6. The van der Waals surface area contributed by atoms with E-state index in [0.717, 1.165) is 28.9 Å². The monoisotopic (exact) mass is 355 g/mol. The van der Waals surface area contributed by atoms with Crippen LogP contribution in [0.3, 0.4) is 0 Å². The molecule has 1 aliphatic rings. The van der Waals surface area contributed by atoms with Gasteiger partial charge in [0.15, 0.2) is 0 Å². The average molecular weight is 356 g/mol. The Balaban J connectivity index is 1.99. The largest absolute Gasteiger partial charge is 0.497 e. The van der Waals surface area contributed by atoms with E-state index in [9.17, 15) is 5.11 Å². The van der Waals surface area contributed by atoms with E-state index in [2.05, 4.69) is 57.2 Å². The third-order valence-corrected chi connectivity index (χ3v) is 5.49. The van der Waals surface area contributed by atoms with Gasteiger partial charge in [0.1, 0.15) is 12.0 Å². The summed E-state index contributed by atoms with van der Waals surface area (Å²) in [6.07, 6.45) is 0.347. The lowest BCUT2D eigenvalue weighted by atomic mass is 9.79. The van der Waals surface area contributed by atoms with Crippen LogP contribution < -0.4 is 9.64 Å². The van der Waals surface area contributed by atoms with Crippen LogP contribution in [0, 0.1) is 0 Å². The standard InChI is InChI=1S/C22H31N2O2/c1-22(13-14-24(2,3)4)19-15-18(26-5)11-12-20(19)23(21(22)25)16-17-9-7-6-8-10-17/h6-12,15,21,25H,13-14,16H2,1-5H3/q+1/t21?,22-/m1/s1. The first-order valence-electron chi connectivity index (χ1n) is 9.22. The van der Waals surface area contributed by atoms with Gasteiger partial charge in [-0.2, -0.15) is 0 Å². The van der Waals surface area contributed by atoms with Crippen molar-refractivity contribution < 1.29 is 14.3 Å². The van der Waals surface area contributed by atoms with E-state index < -0.39 is 6.23 Å². The lowest BCUT2D eigenvalue weighted by molar-refractivity contribution is -0.871. The Bertz CT molecular complexity index is 754. The van der Waals surface area contributed by atoms with Crippen LogP contribution in [0.25, 0.3) is 0 Å². The topological polar surface area (TPSA) is 32.7 Å². The fourth-order valence-corrected chi connectivity index (χ4v) is 3.75. The molecule has 1 unspecified atom stereocenters. The van der Waals surface area contributed by atoms with E-state index >= 15 is 0 Å². The van der Waals surface area contributed by atoms with Crippen molar-refractivity contribution in [2.75, 3.05) is 39.7 Å². The fourth-order valence-electron chi connectivity index (χ4n) is 3.75. The average Bonchev–Trinajstić information content (AvgIpc) is 2.82. The summed E-state index contributed by atoms with van der Waals surface area (Å²) in [4.78, 5) is 2.12. The summed E-state index contributed by atoms with van der Waals surface area (Å²) in [7, 11) is 8.27. The summed E-state index contributed by atoms with van der Waals surface area (Å²) in [5, 5.41) is 11.3. The van der Waals surface area contributed by atoms with Crippen molar-refractivity contribution >= 4 is 5.69 Å². The molecular formula is C22H31N2O2+. The summed E-state index contributed by atoms with van der Waals surface area (Å²) in [6, 6.07) is 16.5. The molecule has 1 aliphatic heterocycles. The van der Waals surface area contributed by atoms with E-state index in [1.807, 2.05) is 24.3 Å². The van der Waals surface area contributed by atoms with Crippen molar-refractivity contribution in [3.63, 3.8) is 0 Å². The second-order valence-electron chi connectivity index (χ2n) is 8.55. The lowest BCUT2D eigenvalue weighted by Gasteiger charge is -2.35. The molecular weight excluding hydrogens is 324 g/mol. The summed E-state index contributed by atoms with van der Waals surface area (Å²) in [6.45, 7) is 3.86. The number of quaternary nitrogens is 1. The molecule has 0 amide bonds. The van der Waals surface area contributed by atoms with Crippen LogP contribution in [0.4, 0.5) is 5.69 Å². The van der Waals surface area contributed by atoms with Gasteiger partial charge in [0.25, 0.3) is 0 Å². The molecule has 140 valence electrons. The number of benzene rings is 2. The predicted octanol–water partition coefficient (Wildman–Crippen LogP) is 3.39. The number of anilines is 1. The molecule has 4 nitrogen and oxygen atoms in total. The number of nitrogens with zero attached hydrogens (tertiary/aromatic N) is 2. The van der Waals surface area contributed by atoms with Gasteiger partial charge in [-0.05, 0) is 29.3 Å². The number of hydrogen-bond donors (Lipinski definition) is 1. The number of rotatable bonds is 6. The van der Waals surface area contributed by atoms with Gasteiger partial charge < -0.3 is 19.2 Å². The first-order valence-corrected chi connectivity index (χ1v) is 9.22. The maximum Gasteiger partial charge on any atom is 0.137 e. The van der Waals surface area contributed by atoms with Gasteiger partial charge >= 0.3 is 0 Å². The van der Waals surface area contributed by atoms with Crippen LogP contribution >= 0.6 is 0 Å². The molecule has 0 saturated heterocycles. The van der Waals surface area contributed by atoms with E-state index in [0.29, 0.717) is 6.54 Å². The van der Waals surface area contributed by atoms with Gasteiger partial charge in [-0.1, -0.05) is 37.3 Å². The summed E-state index contributed by atoms with van der Waals surface area (Å²) < 4.78 is 6.34. The Hall–Kier alpha value is -2.04. The molecule has 1 heterocycles. The highest BCUT2D eigenvalue weighted by atomic mass is 16.5. The van der Waals surface area contributed by atoms with E-state index in [-0.39, 0.29) is 5.41 Å². The highest BCUT2D eigenvalue weighted by molar-refractivity contribution is 5.65. The van der Waals surface area contributed by atoms with Gasteiger partial charge in [0.2, 0.25) is 0 Å². The number of ether oxygens (including phenoxy) is 1. The van der Waals surface area contributed by atoms with Crippen LogP contribution in [0.1, 0.15) is 24.5 Å². The van der Waals surface area contributed by atoms with Crippen molar-refractivity contribution in [3.05, 3.63) is 59.7 Å². The van der Waals surface area contributed by atoms with Gasteiger partial charge in [0.05, 0.1) is 34.8 Å². The summed E-state index contributed by atoms with van der Waals surface area (Å²) >= 11 is 0. The Kier molecular flexibility index (Phi) is 5.00. The Morgan fingerprint density at radius 3 is 2.42 bits per heavy atom. The van der Waals surface area contributed by atoms with Gasteiger partial charge in [-0.3, -0.25) is 0 Å². The van der Waals surface area contributed by atoms with E-state index in [1.54, 1.807) is 7.11 Å². The van der Waals surface area contributed by atoms with Crippen molar-refractivity contribution in [3.8, 4) is 5.75 Å². The Morgan fingerprint density at radius 2 is 1.81 bits per heavy atom. The second-order valence-corrected chi connectivity index (χ2v) is 8.55. The lowest BCUT2D eigenvalue weighted by Crippen LogP contribution is -2.46. The highest BCUT2D eigenvalue weighted by Gasteiger charge is 2.47. The zero-order valence-corrected chi connectivity index (χ0v) is 16.6. The molecule has 26 heavy (non-hydrogen) atoms. The molecule has 0 spiro atoms. The first kappa shape index (κ1) is 18.7. The maximum atomic E-state index is 11.3. The maximum absolute atomic E-state index is 11.3. The molecule has 0 bridgehead atoms. The molecule has 0 fully saturated rings. The van der Waals surface area contributed by atoms with Gasteiger partial charge in [-0.25, -0.2) is 0 Å².